The lowest BCUT2D eigenvalue weighted by Crippen LogP contribution is -2.22. The molecular formula is C21H14N2O2S2. The number of hydrogen-bond acceptors (Lipinski definition) is 5. The van der Waals surface area contributed by atoms with E-state index in [1.807, 2.05) is 36.4 Å². The third kappa shape index (κ3) is 2.97. The minimum atomic E-state index is -0.0622. The van der Waals surface area contributed by atoms with Crippen LogP contribution in [-0.2, 0) is 0 Å². The Morgan fingerprint density at radius 1 is 1.07 bits per heavy atom. The van der Waals surface area contributed by atoms with Crippen LogP contribution in [0.5, 0.6) is 0 Å². The average Bonchev–Trinajstić information content (AvgIpc) is 3.33. The Morgan fingerprint density at radius 2 is 1.89 bits per heavy atom. The maximum Gasteiger partial charge on any atom is 0.275 e. The van der Waals surface area contributed by atoms with Gasteiger partial charge in [0.15, 0.2) is 10.1 Å². The summed E-state index contributed by atoms with van der Waals surface area (Å²) in [6.07, 6.45) is 1.79. The fourth-order valence-corrected chi connectivity index (χ4v) is 4.68. The van der Waals surface area contributed by atoms with E-state index in [1.165, 1.54) is 16.9 Å². The van der Waals surface area contributed by atoms with Crippen LogP contribution in [0.25, 0.3) is 22.1 Å². The number of hydrogen-bond donors (Lipinski definition) is 0. The fraction of sp³-hybridized carbons (Fsp3) is 0.0476. The van der Waals surface area contributed by atoms with E-state index in [4.69, 9.17) is 4.42 Å². The summed E-state index contributed by atoms with van der Waals surface area (Å²) in [7, 11) is 0. The number of para-hydroxylation sites is 2. The zero-order valence-corrected chi connectivity index (χ0v) is 16.0. The number of benzene rings is 2. The smallest absolute Gasteiger partial charge is 0.275 e. The largest absolute Gasteiger partial charge is 0.450 e. The molecule has 5 rings (SSSR count). The molecule has 0 fully saturated rings. The minimum Gasteiger partial charge on any atom is -0.450 e. The molecule has 0 aliphatic rings. The van der Waals surface area contributed by atoms with Gasteiger partial charge in [0.05, 0.1) is 11.0 Å². The lowest BCUT2D eigenvalue weighted by Gasteiger charge is -1.98. The summed E-state index contributed by atoms with van der Waals surface area (Å²) < 4.78 is 8.16. The molecule has 0 N–H and O–H groups in total. The first-order valence-electron chi connectivity index (χ1n) is 8.43. The Morgan fingerprint density at radius 3 is 2.74 bits per heavy atom. The molecule has 0 unspecified atom stereocenters. The van der Waals surface area contributed by atoms with Crippen LogP contribution >= 0.6 is 23.1 Å². The van der Waals surface area contributed by atoms with Crippen LogP contribution in [0.4, 0.5) is 0 Å². The molecule has 2 aromatic carbocycles. The summed E-state index contributed by atoms with van der Waals surface area (Å²) in [4.78, 5) is 19.1. The number of aromatic nitrogens is 2. The molecule has 5 aromatic rings. The molecule has 132 valence electrons. The van der Waals surface area contributed by atoms with Gasteiger partial charge in [-0.25, -0.2) is 9.38 Å². The lowest BCUT2D eigenvalue weighted by molar-refractivity contribution is 0.466. The van der Waals surface area contributed by atoms with Crippen LogP contribution in [0.1, 0.15) is 11.3 Å². The molecule has 0 radical (unpaired) electrons. The van der Waals surface area contributed by atoms with Gasteiger partial charge in [0.2, 0.25) is 0 Å². The Labute approximate surface area is 162 Å². The van der Waals surface area contributed by atoms with Crippen molar-refractivity contribution < 1.29 is 4.42 Å². The molecule has 0 atom stereocenters. The number of nitrogens with zero attached hydrogens (tertiary/aromatic N) is 2. The van der Waals surface area contributed by atoms with Crippen LogP contribution in [0, 0.1) is 6.92 Å². The molecule has 0 saturated heterocycles. The van der Waals surface area contributed by atoms with Gasteiger partial charge >= 0.3 is 0 Å². The number of furan rings is 1. The highest BCUT2D eigenvalue weighted by Gasteiger charge is 2.11. The number of fused-ring (bicyclic) bond motifs is 3. The van der Waals surface area contributed by atoms with Gasteiger partial charge < -0.3 is 4.42 Å². The van der Waals surface area contributed by atoms with E-state index in [2.05, 4.69) is 36.2 Å². The van der Waals surface area contributed by atoms with E-state index in [0.29, 0.717) is 15.3 Å². The third-order valence-electron chi connectivity index (χ3n) is 4.26. The molecule has 6 heteroatoms. The predicted octanol–water partition coefficient (Wildman–Crippen LogP) is 4.51. The van der Waals surface area contributed by atoms with E-state index in [1.54, 1.807) is 22.2 Å². The van der Waals surface area contributed by atoms with Crippen LogP contribution in [0.3, 0.4) is 0 Å². The lowest BCUT2D eigenvalue weighted by atomic mass is 10.2. The molecule has 27 heavy (non-hydrogen) atoms. The van der Waals surface area contributed by atoms with E-state index in [0.717, 1.165) is 21.0 Å². The Bertz CT molecular complexity index is 1380. The first-order valence-corrected chi connectivity index (χ1v) is 10.1. The van der Waals surface area contributed by atoms with E-state index in [9.17, 15) is 4.79 Å². The van der Waals surface area contributed by atoms with Crippen molar-refractivity contribution in [1.82, 2.24) is 9.38 Å². The van der Waals surface area contributed by atoms with Gasteiger partial charge in [-0.15, -0.1) is 0 Å². The van der Waals surface area contributed by atoms with E-state index < -0.39 is 0 Å². The molecule has 0 aliphatic heterocycles. The summed E-state index contributed by atoms with van der Waals surface area (Å²) in [6, 6.07) is 19.8. The summed E-state index contributed by atoms with van der Waals surface area (Å²) in [5.74, 6) is 0.663. The average molecular weight is 390 g/mol. The van der Waals surface area contributed by atoms with Gasteiger partial charge in [-0.05, 0) is 43.3 Å². The quantitative estimate of drug-likeness (QED) is 0.455. The normalized spacial score (nSPS) is 12.4. The van der Waals surface area contributed by atoms with Gasteiger partial charge in [0.25, 0.3) is 5.56 Å². The van der Waals surface area contributed by atoms with Crippen LogP contribution in [0.15, 0.2) is 79.9 Å². The van der Waals surface area contributed by atoms with Gasteiger partial charge in [-0.2, -0.15) is 0 Å². The van der Waals surface area contributed by atoms with Gasteiger partial charge in [0, 0.05) is 11.0 Å². The van der Waals surface area contributed by atoms with Crippen molar-refractivity contribution in [1.29, 1.82) is 0 Å². The van der Waals surface area contributed by atoms with Crippen molar-refractivity contribution in [2.45, 2.75) is 16.9 Å². The van der Waals surface area contributed by atoms with Gasteiger partial charge in [0.1, 0.15) is 10.3 Å². The van der Waals surface area contributed by atoms with Gasteiger partial charge in [-0.1, -0.05) is 52.9 Å². The fourth-order valence-electron chi connectivity index (χ4n) is 2.93. The van der Waals surface area contributed by atoms with Crippen molar-refractivity contribution >= 4 is 45.2 Å². The standard InChI is InChI=1S/C21H14N2O2S2/c1-13-6-9-15(10-7-13)26-19-11-8-14(25-19)12-18-20(24)23-17-5-3-2-4-16(17)22-21(23)27-18/h2-12H,1H3/b18-12+. The molecule has 4 nitrogen and oxygen atoms in total. The van der Waals surface area contributed by atoms with Crippen molar-refractivity contribution in [2.75, 3.05) is 0 Å². The Hall–Kier alpha value is -2.83. The SMILES string of the molecule is Cc1ccc(Sc2ccc(/C=c3/sc4nc5ccccc5n4c3=O)o2)cc1. The molecule has 0 aliphatic carbocycles. The second-order valence-corrected chi connectivity index (χ2v) is 8.29. The second kappa shape index (κ2) is 6.40. The number of aryl methyl sites for hydroxylation is 1. The highest BCUT2D eigenvalue weighted by atomic mass is 32.2. The van der Waals surface area contributed by atoms with Crippen molar-refractivity contribution in [3.8, 4) is 0 Å². The summed E-state index contributed by atoms with van der Waals surface area (Å²) in [6.45, 7) is 2.07. The maximum atomic E-state index is 12.8. The van der Waals surface area contributed by atoms with Crippen LogP contribution in [0.2, 0.25) is 0 Å². The van der Waals surface area contributed by atoms with E-state index in [-0.39, 0.29) is 5.56 Å². The number of rotatable bonds is 3. The predicted molar refractivity (Wildman–Crippen MR) is 110 cm³/mol. The molecule has 3 heterocycles. The highest BCUT2D eigenvalue weighted by molar-refractivity contribution is 7.99. The topological polar surface area (TPSA) is 47.5 Å². The Kier molecular flexibility index (Phi) is 3.88. The molecule has 0 amide bonds. The minimum absolute atomic E-state index is 0.0622. The van der Waals surface area contributed by atoms with Crippen molar-refractivity contribution in [2.24, 2.45) is 0 Å². The second-order valence-electron chi connectivity index (χ2n) is 6.21. The summed E-state index contributed by atoms with van der Waals surface area (Å²) in [5, 5.41) is 0.796. The number of thiazole rings is 1. The Balaban J connectivity index is 1.51. The van der Waals surface area contributed by atoms with Gasteiger partial charge in [-0.3, -0.25) is 4.79 Å². The van der Waals surface area contributed by atoms with Crippen molar-refractivity contribution in [3.05, 3.63) is 86.9 Å². The maximum absolute atomic E-state index is 12.8. The summed E-state index contributed by atoms with van der Waals surface area (Å²) >= 11 is 2.94. The van der Waals surface area contributed by atoms with Crippen LogP contribution < -0.4 is 10.1 Å². The molecule has 0 spiro atoms. The first kappa shape index (κ1) is 16.4. The molecular weight excluding hydrogens is 376 g/mol. The number of imidazole rings is 1. The zero-order chi connectivity index (χ0) is 18.4. The summed E-state index contributed by atoms with van der Waals surface area (Å²) in [5.41, 5.74) is 2.84. The van der Waals surface area contributed by atoms with Crippen molar-refractivity contribution in [3.63, 3.8) is 0 Å². The first-order chi connectivity index (χ1) is 13.2. The van der Waals surface area contributed by atoms with E-state index >= 15 is 0 Å². The molecule has 0 saturated carbocycles. The monoisotopic (exact) mass is 390 g/mol. The molecule has 0 bridgehead atoms. The highest BCUT2D eigenvalue weighted by Crippen LogP contribution is 2.29. The zero-order valence-electron chi connectivity index (χ0n) is 14.4. The molecule has 3 aromatic heterocycles. The van der Waals surface area contributed by atoms with Crippen LogP contribution in [-0.4, -0.2) is 9.38 Å². The third-order valence-corrected chi connectivity index (χ3v) is 6.16.